The first-order chi connectivity index (χ1) is 10.6. The Kier molecular flexibility index (Phi) is 4.45. The molecule has 1 amide bonds. The van der Waals surface area contributed by atoms with Gasteiger partial charge in [-0.3, -0.25) is 9.69 Å². The first-order valence-corrected chi connectivity index (χ1v) is 7.51. The smallest absolute Gasteiger partial charge is 0.258 e. The number of carbonyl (C=O) groups is 1. The van der Waals surface area contributed by atoms with Crippen molar-refractivity contribution in [1.82, 2.24) is 9.80 Å². The molecule has 0 spiro atoms. The number of halogens is 2. The zero-order chi connectivity index (χ0) is 15.5. The lowest BCUT2D eigenvalue weighted by atomic mass is 10.1. The number of benzene rings is 1. The predicted octanol–water partition coefficient (Wildman–Crippen LogP) is 3.03. The van der Waals surface area contributed by atoms with E-state index in [2.05, 4.69) is 4.90 Å². The first-order valence-electron chi connectivity index (χ1n) is 7.13. The van der Waals surface area contributed by atoms with Gasteiger partial charge in [-0.2, -0.15) is 0 Å². The SMILES string of the molecule is O=C(c1c(F)cccc1Cl)N1CCN(Cc2ccco2)CC1. The Bertz CT molecular complexity index is 632. The molecule has 0 aliphatic carbocycles. The number of carbonyl (C=O) groups excluding carboxylic acids is 1. The molecular formula is C16H16ClFN2O2. The van der Waals surface area contributed by atoms with E-state index in [1.54, 1.807) is 11.2 Å². The maximum atomic E-state index is 13.8. The topological polar surface area (TPSA) is 36.7 Å². The Labute approximate surface area is 133 Å². The monoisotopic (exact) mass is 322 g/mol. The lowest BCUT2D eigenvalue weighted by Crippen LogP contribution is -2.48. The number of hydrogen-bond acceptors (Lipinski definition) is 3. The van der Waals surface area contributed by atoms with Crippen LogP contribution in [0.3, 0.4) is 0 Å². The van der Waals surface area contributed by atoms with E-state index in [4.69, 9.17) is 16.0 Å². The van der Waals surface area contributed by atoms with E-state index in [-0.39, 0.29) is 16.5 Å². The molecule has 1 aliphatic rings. The van der Waals surface area contributed by atoms with Crippen LogP contribution in [0.5, 0.6) is 0 Å². The van der Waals surface area contributed by atoms with Crippen LogP contribution in [0.15, 0.2) is 41.0 Å². The summed E-state index contributed by atoms with van der Waals surface area (Å²) in [6.07, 6.45) is 1.65. The summed E-state index contributed by atoms with van der Waals surface area (Å²) in [4.78, 5) is 16.3. The first kappa shape index (κ1) is 15.1. The Hall–Kier alpha value is -1.85. The van der Waals surface area contributed by atoms with Gasteiger partial charge in [0.1, 0.15) is 11.6 Å². The summed E-state index contributed by atoms with van der Waals surface area (Å²) < 4.78 is 19.2. The largest absolute Gasteiger partial charge is 0.468 e. The minimum atomic E-state index is -0.574. The lowest BCUT2D eigenvalue weighted by Gasteiger charge is -2.34. The van der Waals surface area contributed by atoms with Gasteiger partial charge >= 0.3 is 0 Å². The van der Waals surface area contributed by atoms with Gasteiger partial charge in [0.25, 0.3) is 5.91 Å². The zero-order valence-corrected chi connectivity index (χ0v) is 12.7. The highest BCUT2D eigenvalue weighted by Crippen LogP contribution is 2.21. The molecule has 2 heterocycles. The van der Waals surface area contributed by atoms with E-state index in [1.807, 2.05) is 12.1 Å². The van der Waals surface area contributed by atoms with Gasteiger partial charge in [-0.15, -0.1) is 0 Å². The van der Waals surface area contributed by atoms with Crippen molar-refractivity contribution in [3.8, 4) is 0 Å². The number of rotatable bonds is 3. The standard InChI is InChI=1S/C16H16ClFN2O2/c17-13-4-1-5-14(18)15(13)16(21)20-8-6-19(7-9-20)11-12-3-2-10-22-12/h1-5,10H,6-9,11H2. The van der Waals surface area contributed by atoms with Gasteiger partial charge in [0.05, 0.1) is 23.4 Å². The van der Waals surface area contributed by atoms with Gasteiger partial charge in [-0.1, -0.05) is 17.7 Å². The average molecular weight is 323 g/mol. The highest BCUT2D eigenvalue weighted by atomic mass is 35.5. The molecule has 1 saturated heterocycles. The minimum Gasteiger partial charge on any atom is -0.468 e. The molecule has 1 aromatic heterocycles. The normalized spacial score (nSPS) is 16.0. The maximum absolute atomic E-state index is 13.8. The predicted molar refractivity (Wildman–Crippen MR) is 81.3 cm³/mol. The number of hydrogen-bond donors (Lipinski definition) is 0. The fourth-order valence-corrected chi connectivity index (χ4v) is 2.84. The van der Waals surface area contributed by atoms with Crippen LogP contribution in [0, 0.1) is 5.82 Å². The second-order valence-corrected chi connectivity index (χ2v) is 5.65. The van der Waals surface area contributed by atoms with Gasteiger partial charge in [-0.05, 0) is 24.3 Å². The van der Waals surface area contributed by atoms with Crippen LogP contribution in [-0.2, 0) is 6.54 Å². The second kappa shape index (κ2) is 6.50. The van der Waals surface area contributed by atoms with Crippen LogP contribution in [-0.4, -0.2) is 41.9 Å². The van der Waals surface area contributed by atoms with Crippen molar-refractivity contribution < 1.29 is 13.6 Å². The molecule has 0 bridgehead atoms. The lowest BCUT2D eigenvalue weighted by molar-refractivity contribution is 0.0616. The van der Waals surface area contributed by atoms with Crippen molar-refractivity contribution >= 4 is 17.5 Å². The highest BCUT2D eigenvalue weighted by molar-refractivity contribution is 6.33. The number of furan rings is 1. The van der Waals surface area contributed by atoms with Crippen molar-refractivity contribution in [3.63, 3.8) is 0 Å². The third-order valence-electron chi connectivity index (χ3n) is 3.80. The van der Waals surface area contributed by atoms with Crippen LogP contribution in [0.4, 0.5) is 4.39 Å². The van der Waals surface area contributed by atoms with E-state index >= 15 is 0 Å². The fraction of sp³-hybridized carbons (Fsp3) is 0.312. The van der Waals surface area contributed by atoms with E-state index in [0.717, 1.165) is 25.4 Å². The quantitative estimate of drug-likeness (QED) is 0.871. The Morgan fingerprint density at radius 2 is 1.95 bits per heavy atom. The third kappa shape index (κ3) is 3.15. The van der Waals surface area contributed by atoms with Crippen molar-refractivity contribution in [1.29, 1.82) is 0 Å². The minimum absolute atomic E-state index is 0.0383. The second-order valence-electron chi connectivity index (χ2n) is 5.24. The van der Waals surface area contributed by atoms with E-state index in [1.165, 1.54) is 18.2 Å². The molecule has 1 aliphatic heterocycles. The van der Waals surface area contributed by atoms with Crippen LogP contribution >= 0.6 is 11.6 Å². The molecule has 3 rings (SSSR count). The van der Waals surface area contributed by atoms with E-state index in [9.17, 15) is 9.18 Å². The summed E-state index contributed by atoms with van der Waals surface area (Å²) in [7, 11) is 0. The summed E-state index contributed by atoms with van der Waals surface area (Å²) >= 11 is 5.96. The van der Waals surface area contributed by atoms with E-state index in [0.29, 0.717) is 13.1 Å². The molecule has 1 fully saturated rings. The molecule has 0 unspecified atom stereocenters. The number of nitrogens with zero attached hydrogens (tertiary/aromatic N) is 2. The number of piperazine rings is 1. The van der Waals surface area contributed by atoms with Crippen molar-refractivity contribution in [2.45, 2.75) is 6.54 Å². The zero-order valence-electron chi connectivity index (χ0n) is 12.0. The molecule has 0 N–H and O–H groups in total. The molecule has 22 heavy (non-hydrogen) atoms. The highest BCUT2D eigenvalue weighted by Gasteiger charge is 2.26. The Morgan fingerprint density at radius 3 is 2.59 bits per heavy atom. The van der Waals surface area contributed by atoms with Gasteiger partial charge in [0.2, 0.25) is 0 Å². The molecule has 0 atom stereocenters. The third-order valence-corrected chi connectivity index (χ3v) is 4.11. The van der Waals surface area contributed by atoms with Crippen molar-refractivity contribution in [2.75, 3.05) is 26.2 Å². The van der Waals surface area contributed by atoms with Gasteiger partial charge in [-0.25, -0.2) is 4.39 Å². The molecular weight excluding hydrogens is 307 g/mol. The van der Waals surface area contributed by atoms with Gasteiger partial charge in [0.15, 0.2) is 0 Å². The summed E-state index contributed by atoms with van der Waals surface area (Å²) in [6, 6.07) is 8.07. The summed E-state index contributed by atoms with van der Waals surface area (Å²) in [5.41, 5.74) is -0.0383. The molecule has 0 radical (unpaired) electrons. The van der Waals surface area contributed by atoms with Crippen molar-refractivity contribution in [2.24, 2.45) is 0 Å². The Balaban J connectivity index is 1.62. The molecule has 2 aromatic rings. The summed E-state index contributed by atoms with van der Waals surface area (Å²) in [5.74, 6) is -0.0202. The molecule has 0 saturated carbocycles. The molecule has 116 valence electrons. The fourth-order valence-electron chi connectivity index (χ4n) is 2.59. The van der Waals surface area contributed by atoms with Crippen LogP contribution in [0.1, 0.15) is 16.1 Å². The number of amides is 1. The Morgan fingerprint density at radius 1 is 1.18 bits per heavy atom. The summed E-state index contributed by atoms with van der Waals surface area (Å²) in [6.45, 7) is 3.25. The molecule has 1 aromatic carbocycles. The van der Waals surface area contributed by atoms with Gasteiger partial charge in [0, 0.05) is 26.2 Å². The average Bonchev–Trinajstić information content (AvgIpc) is 3.00. The van der Waals surface area contributed by atoms with Gasteiger partial charge < -0.3 is 9.32 Å². The summed E-state index contributed by atoms with van der Waals surface area (Å²) in [5, 5.41) is 0.156. The van der Waals surface area contributed by atoms with Crippen LogP contribution in [0.2, 0.25) is 5.02 Å². The van der Waals surface area contributed by atoms with E-state index < -0.39 is 5.82 Å². The van der Waals surface area contributed by atoms with Crippen LogP contribution < -0.4 is 0 Å². The maximum Gasteiger partial charge on any atom is 0.258 e. The van der Waals surface area contributed by atoms with Crippen LogP contribution in [0.25, 0.3) is 0 Å². The van der Waals surface area contributed by atoms with Crippen molar-refractivity contribution in [3.05, 3.63) is 58.8 Å². The molecule has 4 nitrogen and oxygen atoms in total. The molecule has 6 heteroatoms.